The second-order valence-electron chi connectivity index (χ2n) is 11.4. The van der Waals surface area contributed by atoms with Gasteiger partial charge in [0.1, 0.15) is 5.75 Å². The van der Waals surface area contributed by atoms with Crippen molar-refractivity contribution in [3.63, 3.8) is 0 Å². The van der Waals surface area contributed by atoms with Crippen LogP contribution in [0.3, 0.4) is 0 Å². The summed E-state index contributed by atoms with van der Waals surface area (Å²) in [6.07, 6.45) is 0. The van der Waals surface area contributed by atoms with E-state index in [1.54, 1.807) is 62.6 Å². The number of hydrogen-bond donors (Lipinski definition) is 2. The first-order chi connectivity index (χ1) is 18.2. The van der Waals surface area contributed by atoms with Gasteiger partial charge < -0.3 is 20.1 Å². The molecule has 0 saturated heterocycles. The highest BCUT2D eigenvalue weighted by atomic mass is 16.5. The van der Waals surface area contributed by atoms with Gasteiger partial charge in [-0.25, -0.2) is 4.79 Å². The first-order valence-corrected chi connectivity index (χ1v) is 13.0. The maximum atomic E-state index is 13.3. The van der Waals surface area contributed by atoms with Crippen molar-refractivity contribution < 1.29 is 23.9 Å². The van der Waals surface area contributed by atoms with Gasteiger partial charge in [-0.3, -0.25) is 9.59 Å². The molecule has 206 valence electrons. The van der Waals surface area contributed by atoms with Crippen LogP contribution in [0.1, 0.15) is 90.7 Å². The van der Waals surface area contributed by atoms with Crippen LogP contribution in [0, 0.1) is 0 Å². The van der Waals surface area contributed by atoms with Crippen LogP contribution >= 0.6 is 0 Å². The fraction of sp³-hybridized carbons (Fsp3) is 0.344. The second kappa shape index (κ2) is 11.7. The molecular weight excluding hydrogens is 492 g/mol. The van der Waals surface area contributed by atoms with E-state index >= 15 is 0 Å². The highest BCUT2D eigenvalue weighted by molar-refractivity contribution is 6.06. The summed E-state index contributed by atoms with van der Waals surface area (Å²) in [5.41, 5.74) is 3.97. The number of methoxy groups -OCH3 is 1. The molecule has 0 aliphatic heterocycles. The molecule has 3 aromatic carbocycles. The Morgan fingerprint density at radius 1 is 0.667 bits per heavy atom. The Morgan fingerprint density at radius 3 is 1.46 bits per heavy atom. The minimum Gasteiger partial charge on any atom is -0.496 e. The fourth-order valence-corrected chi connectivity index (χ4v) is 4.11. The molecule has 0 aliphatic carbocycles. The van der Waals surface area contributed by atoms with Crippen molar-refractivity contribution in [1.29, 1.82) is 0 Å². The molecule has 0 saturated carbocycles. The normalized spacial score (nSPS) is 11.5. The molecule has 0 aromatic heterocycles. The van der Waals surface area contributed by atoms with Crippen LogP contribution in [0.5, 0.6) is 5.75 Å². The van der Waals surface area contributed by atoms with Crippen LogP contribution in [-0.4, -0.2) is 31.5 Å². The molecule has 39 heavy (non-hydrogen) atoms. The van der Waals surface area contributed by atoms with E-state index in [9.17, 15) is 14.4 Å². The molecule has 0 unspecified atom stereocenters. The van der Waals surface area contributed by atoms with Crippen LogP contribution in [0.2, 0.25) is 0 Å². The molecule has 0 heterocycles. The minimum absolute atomic E-state index is 0.226. The monoisotopic (exact) mass is 530 g/mol. The Labute approximate surface area is 230 Å². The Kier molecular flexibility index (Phi) is 8.85. The highest BCUT2D eigenvalue weighted by Crippen LogP contribution is 2.40. The largest absolute Gasteiger partial charge is 0.496 e. The lowest BCUT2D eigenvalue weighted by Crippen LogP contribution is -2.22. The van der Waals surface area contributed by atoms with E-state index < -0.39 is 5.97 Å². The zero-order valence-electron chi connectivity index (χ0n) is 24.0. The lowest BCUT2D eigenvalue weighted by atomic mass is 9.78. The molecule has 7 nitrogen and oxygen atoms in total. The summed E-state index contributed by atoms with van der Waals surface area (Å²) in [5.74, 6) is -0.159. The Balaban J connectivity index is 1.76. The van der Waals surface area contributed by atoms with E-state index in [2.05, 4.69) is 52.2 Å². The van der Waals surface area contributed by atoms with Crippen LogP contribution in [0.25, 0.3) is 0 Å². The summed E-state index contributed by atoms with van der Waals surface area (Å²) in [5, 5.41) is 5.74. The third kappa shape index (κ3) is 7.25. The number of anilines is 2. The SMILES string of the molecule is CCOC(=O)c1ccc(NC(=O)c2ccc(NC(=O)c3cc(C(C)(C)C)c(OC)c(C(C)(C)C)c3)cc2)cc1. The molecule has 3 rings (SSSR count). The molecule has 2 N–H and O–H groups in total. The number of carbonyl (C=O) groups excluding carboxylic acids is 3. The molecule has 0 radical (unpaired) electrons. The Hall–Kier alpha value is -4.13. The smallest absolute Gasteiger partial charge is 0.338 e. The van der Waals surface area contributed by atoms with Gasteiger partial charge in [-0.05, 0) is 78.4 Å². The first-order valence-electron chi connectivity index (χ1n) is 13.0. The molecule has 0 bridgehead atoms. The van der Waals surface area contributed by atoms with E-state index in [-0.39, 0.29) is 22.6 Å². The van der Waals surface area contributed by atoms with Crippen molar-refractivity contribution in [1.82, 2.24) is 0 Å². The number of rotatable bonds is 7. The maximum Gasteiger partial charge on any atom is 0.338 e. The van der Waals surface area contributed by atoms with Crippen LogP contribution in [0.4, 0.5) is 11.4 Å². The average molecular weight is 531 g/mol. The molecule has 7 heteroatoms. The second-order valence-corrected chi connectivity index (χ2v) is 11.4. The minimum atomic E-state index is -0.410. The summed E-state index contributed by atoms with van der Waals surface area (Å²) in [6, 6.07) is 16.9. The van der Waals surface area contributed by atoms with Gasteiger partial charge in [0.05, 0.1) is 19.3 Å². The van der Waals surface area contributed by atoms with E-state index in [1.165, 1.54) is 0 Å². The van der Waals surface area contributed by atoms with Gasteiger partial charge in [-0.1, -0.05) is 41.5 Å². The third-order valence-electron chi connectivity index (χ3n) is 6.23. The summed E-state index contributed by atoms with van der Waals surface area (Å²) >= 11 is 0. The van der Waals surface area contributed by atoms with Crippen LogP contribution in [0.15, 0.2) is 60.7 Å². The average Bonchev–Trinajstić information content (AvgIpc) is 2.87. The van der Waals surface area contributed by atoms with E-state index in [0.717, 1.165) is 16.9 Å². The number of hydrogen-bond acceptors (Lipinski definition) is 5. The van der Waals surface area contributed by atoms with Crippen LogP contribution < -0.4 is 15.4 Å². The number of benzene rings is 3. The number of nitrogens with one attached hydrogen (secondary N) is 2. The molecule has 3 aromatic rings. The predicted octanol–water partition coefficient (Wildman–Crippen LogP) is 6.97. The van der Waals surface area contributed by atoms with Crippen molar-refractivity contribution in [2.75, 3.05) is 24.4 Å². The number of ether oxygens (including phenoxy) is 2. The quantitative estimate of drug-likeness (QED) is 0.322. The summed E-state index contributed by atoms with van der Waals surface area (Å²) in [4.78, 5) is 37.8. The maximum absolute atomic E-state index is 13.3. The number of esters is 1. The molecule has 0 aliphatic rings. The summed E-state index contributed by atoms with van der Waals surface area (Å²) in [7, 11) is 1.66. The third-order valence-corrected chi connectivity index (χ3v) is 6.23. The van der Waals surface area contributed by atoms with Crippen molar-refractivity contribution >= 4 is 29.2 Å². The topological polar surface area (TPSA) is 93.7 Å². The van der Waals surface area contributed by atoms with Gasteiger partial charge in [0.15, 0.2) is 0 Å². The highest BCUT2D eigenvalue weighted by Gasteiger charge is 2.28. The van der Waals surface area contributed by atoms with Gasteiger partial charge in [-0.15, -0.1) is 0 Å². The molecule has 0 spiro atoms. The zero-order valence-corrected chi connectivity index (χ0v) is 24.0. The van der Waals surface area contributed by atoms with E-state index in [0.29, 0.717) is 34.7 Å². The van der Waals surface area contributed by atoms with Crippen molar-refractivity contribution in [2.24, 2.45) is 0 Å². The Bertz CT molecular complexity index is 1310. The van der Waals surface area contributed by atoms with Gasteiger partial charge in [0.25, 0.3) is 11.8 Å². The number of amides is 2. The Morgan fingerprint density at radius 2 is 1.08 bits per heavy atom. The van der Waals surface area contributed by atoms with E-state index in [1.807, 2.05) is 12.1 Å². The van der Waals surface area contributed by atoms with E-state index in [4.69, 9.17) is 9.47 Å². The van der Waals surface area contributed by atoms with Crippen molar-refractivity contribution in [3.05, 3.63) is 88.5 Å². The van der Waals surface area contributed by atoms with Gasteiger partial charge in [-0.2, -0.15) is 0 Å². The predicted molar refractivity (Wildman–Crippen MR) is 155 cm³/mol. The van der Waals surface area contributed by atoms with Crippen LogP contribution in [-0.2, 0) is 15.6 Å². The molecule has 0 fully saturated rings. The van der Waals surface area contributed by atoms with Gasteiger partial charge >= 0.3 is 5.97 Å². The standard InChI is InChI=1S/C32H38N2O5/c1-9-39-30(37)21-12-16-24(17-13-21)33-28(35)20-10-14-23(15-11-20)34-29(36)22-18-25(31(2,3)4)27(38-8)26(19-22)32(5,6)7/h10-19H,9H2,1-8H3,(H,33,35)(H,34,36). The van der Waals surface area contributed by atoms with Gasteiger partial charge in [0.2, 0.25) is 0 Å². The lowest BCUT2D eigenvalue weighted by Gasteiger charge is -2.29. The van der Waals surface area contributed by atoms with Crippen molar-refractivity contribution in [3.8, 4) is 5.75 Å². The fourth-order valence-electron chi connectivity index (χ4n) is 4.11. The first kappa shape index (κ1) is 29.4. The van der Waals surface area contributed by atoms with Gasteiger partial charge in [0, 0.05) is 33.6 Å². The number of carbonyl (C=O) groups is 3. The molecule has 2 amide bonds. The lowest BCUT2D eigenvalue weighted by molar-refractivity contribution is 0.0526. The summed E-state index contributed by atoms with van der Waals surface area (Å²) < 4.78 is 10.8. The summed E-state index contributed by atoms with van der Waals surface area (Å²) in [6.45, 7) is 14.6. The zero-order chi connectivity index (χ0) is 29.0. The van der Waals surface area contributed by atoms with Crippen molar-refractivity contribution in [2.45, 2.75) is 59.3 Å². The molecular formula is C32H38N2O5. The molecule has 0 atom stereocenters.